The topological polar surface area (TPSA) is 81.4 Å². The highest BCUT2D eigenvalue weighted by molar-refractivity contribution is 7.99. The van der Waals surface area contributed by atoms with Crippen molar-refractivity contribution in [1.82, 2.24) is 9.55 Å². The van der Waals surface area contributed by atoms with Gasteiger partial charge in [0.25, 0.3) is 0 Å². The molecule has 0 fully saturated rings. The van der Waals surface area contributed by atoms with Gasteiger partial charge in [-0.05, 0) is 18.8 Å². The minimum Gasteiger partial charge on any atom is -0.465 e. The van der Waals surface area contributed by atoms with Gasteiger partial charge >= 0.3 is 5.97 Å². The molecule has 1 aromatic rings. The highest BCUT2D eigenvalue weighted by atomic mass is 32.2. The predicted octanol–water partition coefficient (Wildman–Crippen LogP) is 3.28. The average Bonchev–Trinajstić information content (AvgIpc) is 2.85. The van der Waals surface area contributed by atoms with Crippen LogP contribution in [0.3, 0.4) is 0 Å². The Labute approximate surface area is 141 Å². The number of thioether (sulfide) groups is 1. The molecule has 0 aliphatic carbocycles. The smallest absolute Gasteiger partial charge is 0.343 e. The Kier molecular flexibility index (Phi) is 8.09. The zero-order valence-electron chi connectivity index (χ0n) is 14.1. The van der Waals surface area contributed by atoms with Gasteiger partial charge in [0.2, 0.25) is 7.37 Å². The van der Waals surface area contributed by atoms with Crippen molar-refractivity contribution in [3.8, 4) is 0 Å². The summed E-state index contributed by atoms with van der Waals surface area (Å²) in [6.45, 7) is 3.70. The zero-order chi connectivity index (χ0) is 17.5. The summed E-state index contributed by atoms with van der Waals surface area (Å²) in [5, 5.41) is 0.838. The number of imidazole rings is 1. The molecule has 1 N–H and O–H groups in total. The molecule has 0 aliphatic rings. The van der Waals surface area contributed by atoms with Crippen molar-refractivity contribution in [3.05, 3.63) is 23.8 Å². The summed E-state index contributed by atoms with van der Waals surface area (Å²) in [7, 11) is -0.519. The molecule has 0 aromatic carbocycles. The van der Waals surface area contributed by atoms with Crippen molar-refractivity contribution in [1.29, 1.82) is 0 Å². The molecule has 1 atom stereocenters. The number of hydrogen-bond donors (Lipinski definition) is 1. The van der Waals surface area contributed by atoms with Crippen LogP contribution in [0.1, 0.15) is 26.7 Å². The van der Waals surface area contributed by atoms with Crippen LogP contribution in [0.25, 0.3) is 0 Å². The molecule has 0 amide bonds. The number of carbonyl (C=O) groups is 1. The minimum atomic E-state index is -3.67. The second-order valence-corrected chi connectivity index (χ2v) is 8.98. The third kappa shape index (κ3) is 6.53. The van der Waals surface area contributed by atoms with Crippen molar-refractivity contribution in [3.63, 3.8) is 0 Å². The molecular weight excluding hydrogens is 335 g/mol. The number of rotatable bonds is 9. The van der Waals surface area contributed by atoms with Crippen molar-refractivity contribution in [2.75, 3.05) is 19.0 Å². The van der Waals surface area contributed by atoms with Crippen molar-refractivity contribution in [2.45, 2.75) is 31.8 Å². The van der Waals surface area contributed by atoms with Crippen molar-refractivity contribution < 1.29 is 19.0 Å². The van der Waals surface area contributed by atoms with Crippen LogP contribution in [-0.2, 0) is 21.1 Å². The Morgan fingerprint density at radius 3 is 2.78 bits per heavy atom. The summed E-state index contributed by atoms with van der Waals surface area (Å²) in [5.74, 6) is 0.126. The summed E-state index contributed by atoms with van der Waals surface area (Å²) in [6, 6.07) is 0. The molecule has 0 radical (unpaired) electrons. The number of hydrogen-bond acceptors (Lipinski definition) is 5. The van der Waals surface area contributed by atoms with Crippen LogP contribution >= 0.6 is 19.1 Å². The summed E-state index contributed by atoms with van der Waals surface area (Å²) in [5.41, 5.74) is 0. The molecule has 0 saturated heterocycles. The van der Waals surface area contributed by atoms with Crippen LogP contribution in [0, 0.1) is 5.92 Å². The SMILES string of the molecule is COC(=O)C(=CCCCSc1nccn1C)P(=O)(O)CC(C)C. The van der Waals surface area contributed by atoms with Gasteiger partial charge in [0.05, 0.1) is 7.11 Å². The van der Waals surface area contributed by atoms with Crippen LogP contribution < -0.4 is 0 Å². The summed E-state index contributed by atoms with van der Waals surface area (Å²) < 4.78 is 19.0. The molecule has 8 heteroatoms. The van der Waals surface area contributed by atoms with Gasteiger partial charge in [0.15, 0.2) is 5.16 Å². The molecule has 0 bridgehead atoms. The second kappa shape index (κ2) is 9.30. The third-order valence-electron chi connectivity index (χ3n) is 3.08. The Hall–Kier alpha value is -1.04. The Balaban J connectivity index is 2.61. The monoisotopic (exact) mass is 360 g/mol. The van der Waals surface area contributed by atoms with Gasteiger partial charge in [-0.3, -0.25) is 4.57 Å². The van der Waals surface area contributed by atoms with Crippen LogP contribution in [0.15, 0.2) is 28.9 Å². The number of allylic oxidation sites excluding steroid dienone is 1. The van der Waals surface area contributed by atoms with E-state index >= 15 is 0 Å². The average molecular weight is 360 g/mol. The maximum Gasteiger partial charge on any atom is 0.343 e. The highest BCUT2D eigenvalue weighted by Gasteiger charge is 2.31. The first-order valence-corrected chi connectivity index (χ1v) is 10.3. The standard InChI is InChI=1S/C15H25N2O4PS/c1-12(2)11-22(19,20)13(14(18)21-4)7-5-6-10-23-15-16-8-9-17(15)3/h7-9,12H,5-6,10-11H2,1-4H3,(H,19,20). The van der Waals surface area contributed by atoms with E-state index in [1.807, 2.05) is 31.7 Å². The van der Waals surface area contributed by atoms with Gasteiger partial charge in [0, 0.05) is 31.4 Å². The molecule has 1 unspecified atom stereocenters. The van der Waals surface area contributed by atoms with E-state index in [9.17, 15) is 14.3 Å². The summed E-state index contributed by atoms with van der Waals surface area (Å²) in [4.78, 5) is 26.2. The number of aryl methyl sites for hydroxylation is 1. The first-order chi connectivity index (χ1) is 10.8. The normalized spacial score (nSPS) is 14.8. The van der Waals surface area contributed by atoms with Crippen molar-refractivity contribution in [2.24, 2.45) is 13.0 Å². The number of nitrogens with zero attached hydrogens (tertiary/aromatic N) is 2. The predicted molar refractivity (Wildman–Crippen MR) is 92.8 cm³/mol. The van der Waals surface area contributed by atoms with Crippen molar-refractivity contribution >= 4 is 25.1 Å². The van der Waals surface area contributed by atoms with E-state index in [2.05, 4.69) is 9.72 Å². The molecule has 1 aromatic heterocycles. The minimum absolute atomic E-state index is 0.0258. The first-order valence-electron chi connectivity index (χ1n) is 7.49. The number of ether oxygens (including phenoxy) is 1. The fourth-order valence-electron chi connectivity index (χ4n) is 2.04. The van der Waals surface area contributed by atoms with E-state index in [4.69, 9.17) is 0 Å². The van der Waals surface area contributed by atoms with Gasteiger partial charge < -0.3 is 14.2 Å². The molecule has 6 nitrogen and oxygen atoms in total. The molecule has 130 valence electrons. The van der Waals surface area contributed by atoms with Gasteiger partial charge in [0.1, 0.15) is 5.31 Å². The van der Waals surface area contributed by atoms with E-state index in [1.54, 1.807) is 24.0 Å². The molecule has 1 heterocycles. The number of carbonyl (C=O) groups excluding carboxylic acids is 1. The summed E-state index contributed by atoms with van der Waals surface area (Å²) >= 11 is 1.61. The van der Waals surface area contributed by atoms with Gasteiger partial charge in [-0.2, -0.15) is 0 Å². The second-order valence-electron chi connectivity index (χ2n) is 5.67. The molecule has 0 saturated carbocycles. The lowest BCUT2D eigenvalue weighted by Gasteiger charge is -2.16. The Bertz CT molecular complexity index is 598. The molecule has 1 rings (SSSR count). The van der Waals surface area contributed by atoms with Gasteiger partial charge in [-0.25, -0.2) is 9.78 Å². The number of esters is 1. The number of methoxy groups -OCH3 is 1. The lowest BCUT2D eigenvalue weighted by Crippen LogP contribution is -2.10. The lowest BCUT2D eigenvalue weighted by molar-refractivity contribution is -0.135. The van der Waals surface area contributed by atoms with Crippen LogP contribution in [0.4, 0.5) is 0 Å². The van der Waals surface area contributed by atoms with E-state index in [-0.39, 0.29) is 17.4 Å². The Morgan fingerprint density at radius 2 is 2.26 bits per heavy atom. The molecular formula is C15H25N2O4PS. The third-order valence-corrected chi connectivity index (χ3v) is 6.57. The molecule has 23 heavy (non-hydrogen) atoms. The largest absolute Gasteiger partial charge is 0.465 e. The van der Waals surface area contributed by atoms with E-state index in [0.717, 1.165) is 17.3 Å². The summed E-state index contributed by atoms with van der Waals surface area (Å²) in [6.07, 6.45) is 6.57. The van der Waals surface area contributed by atoms with Crippen LogP contribution in [0.2, 0.25) is 0 Å². The highest BCUT2D eigenvalue weighted by Crippen LogP contribution is 2.51. The van der Waals surface area contributed by atoms with E-state index in [1.165, 1.54) is 7.11 Å². The van der Waals surface area contributed by atoms with E-state index in [0.29, 0.717) is 6.42 Å². The number of unbranched alkanes of at least 4 members (excludes halogenated alkanes) is 1. The van der Waals surface area contributed by atoms with E-state index < -0.39 is 13.3 Å². The fourth-order valence-corrected chi connectivity index (χ4v) is 4.91. The fraction of sp³-hybridized carbons (Fsp3) is 0.600. The first kappa shape index (κ1) is 20.0. The quantitative estimate of drug-likeness (QED) is 0.239. The zero-order valence-corrected chi connectivity index (χ0v) is 15.8. The molecule has 0 aliphatic heterocycles. The Morgan fingerprint density at radius 1 is 1.57 bits per heavy atom. The van der Waals surface area contributed by atoms with Crippen LogP contribution in [-0.4, -0.2) is 39.4 Å². The molecule has 0 spiro atoms. The maximum atomic E-state index is 12.4. The lowest BCUT2D eigenvalue weighted by atomic mass is 10.3. The number of aromatic nitrogens is 2. The van der Waals surface area contributed by atoms with Gasteiger partial charge in [-0.15, -0.1) is 0 Å². The van der Waals surface area contributed by atoms with Crippen LogP contribution in [0.5, 0.6) is 0 Å². The van der Waals surface area contributed by atoms with Gasteiger partial charge in [-0.1, -0.05) is 31.7 Å². The maximum absolute atomic E-state index is 12.4.